The molecular weight excluding hydrogens is 338 g/mol. The lowest BCUT2D eigenvalue weighted by atomic mass is 10.1. The van der Waals surface area contributed by atoms with Crippen molar-refractivity contribution < 1.29 is 9.13 Å². The van der Waals surface area contributed by atoms with Crippen LogP contribution < -0.4 is 10.1 Å². The van der Waals surface area contributed by atoms with Crippen LogP contribution >= 0.6 is 24.0 Å². The Morgan fingerprint density at radius 1 is 1.26 bits per heavy atom. The van der Waals surface area contributed by atoms with Crippen molar-refractivity contribution >= 4 is 29.6 Å². The van der Waals surface area contributed by atoms with Crippen LogP contribution in [0.1, 0.15) is 17.7 Å². The number of nitrogens with zero attached hydrogens (tertiary/aromatic N) is 1. The normalized spacial score (nSPS) is 13.9. The van der Waals surface area contributed by atoms with Crippen LogP contribution in [0.25, 0.3) is 5.57 Å². The van der Waals surface area contributed by atoms with Gasteiger partial charge < -0.3 is 10.1 Å². The number of rotatable bonds is 4. The average Bonchev–Trinajstić information content (AvgIpc) is 2.55. The van der Waals surface area contributed by atoms with Crippen LogP contribution in [0, 0.1) is 5.82 Å². The van der Waals surface area contributed by atoms with Gasteiger partial charge in [-0.1, -0.05) is 29.8 Å². The molecule has 1 aliphatic heterocycles. The Hall–Kier alpha value is -1.62. The second kappa shape index (κ2) is 8.29. The molecule has 0 bridgehead atoms. The second-order valence-corrected chi connectivity index (χ2v) is 5.51. The SMILES string of the molecule is Cl.Fc1cc(Cl)ccc1COc1cccc(C2=CCNCC2)n1. The fraction of sp³-hybridized carbons (Fsp3) is 0.235. The lowest BCUT2D eigenvalue weighted by Gasteiger charge is -2.14. The summed E-state index contributed by atoms with van der Waals surface area (Å²) in [5.74, 6) is 0.121. The average molecular weight is 355 g/mol. The van der Waals surface area contributed by atoms with Gasteiger partial charge in [-0.05, 0) is 36.7 Å². The molecule has 1 aromatic heterocycles. The van der Waals surface area contributed by atoms with Gasteiger partial charge in [0.1, 0.15) is 12.4 Å². The Kier molecular flexibility index (Phi) is 6.39. The molecule has 0 aliphatic carbocycles. The molecule has 2 aromatic rings. The summed E-state index contributed by atoms with van der Waals surface area (Å²) in [5.41, 5.74) is 2.58. The summed E-state index contributed by atoms with van der Waals surface area (Å²) in [5, 5.41) is 3.64. The quantitative estimate of drug-likeness (QED) is 0.890. The molecule has 1 aliphatic rings. The number of ether oxygens (including phenoxy) is 1. The highest BCUT2D eigenvalue weighted by atomic mass is 35.5. The molecule has 0 saturated carbocycles. The third kappa shape index (κ3) is 4.67. The molecule has 3 nitrogen and oxygen atoms in total. The van der Waals surface area contributed by atoms with Crippen molar-refractivity contribution in [2.45, 2.75) is 13.0 Å². The van der Waals surface area contributed by atoms with Crippen molar-refractivity contribution in [3.8, 4) is 5.88 Å². The Labute approximate surface area is 145 Å². The molecular formula is C17H17Cl2FN2O. The molecule has 3 rings (SSSR count). The molecule has 23 heavy (non-hydrogen) atoms. The zero-order valence-corrected chi connectivity index (χ0v) is 14.0. The molecule has 2 heterocycles. The van der Waals surface area contributed by atoms with Crippen LogP contribution in [0.4, 0.5) is 4.39 Å². The summed E-state index contributed by atoms with van der Waals surface area (Å²) in [6, 6.07) is 10.2. The molecule has 1 aromatic carbocycles. The molecule has 122 valence electrons. The second-order valence-electron chi connectivity index (χ2n) is 5.07. The number of nitrogens with one attached hydrogen (secondary N) is 1. The number of hydrogen-bond acceptors (Lipinski definition) is 3. The zero-order chi connectivity index (χ0) is 15.4. The van der Waals surface area contributed by atoms with Gasteiger partial charge >= 0.3 is 0 Å². The molecule has 1 N–H and O–H groups in total. The van der Waals surface area contributed by atoms with E-state index in [0.29, 0.717) is 16.5 Å². The standard InChI is InChI=1S/C17H16ClFN2O.ClH/c18-14-5-4-13(15(19)10-14)11-22-17-3-1-2-16(21-17)12-6-8-20-9-7-12;/h1-6,10,20H,7-9,11H2;1H. The fourth-order valence-corrected chi connectivity index (χ4v) is 2.48. The van der Waals surface area contributed by atoms with Gasteiger partial charge in [-0.25, -0.2) is 9.37 Å². The zero-order valence-electron chi connectivity index (χ0n) is 12.4. The van der Waals surface area contributed by atoms with Gasteiger partial charge in [0, 0.05) is 23.2 Å². The Bertz CT molecular complexity index is 707. The predicted octanol–water partition coefficient (Wildman–Crippen LogP) is 4.25. The topological polar surface area (TPSA) is 34.1 Å². The van der Waals surface area contributed by atoms with E-state index in [1.165, 1.54) is 11.6 Å². The molecule has 0 amide bonds. The highest BCUT2D eigenvalue weighted by Crippen LogP contribution is 2.21. The Morgan fingerprint density at radius 3 is 2.87 bits per heavy atom. The highest BCUT2D eigenvalue weighted by molar-refractivity contribution is 6.30. The maximum atomic E-state index is 13.7. The number of halogens is 3. The van der Waals surface area contributed by atoms with Crippen molar-refractivity contribution in [3.05, 3.63) is 64.6 Å². The Morgan fingerprint density at radius 2 is 2.13 bits per heavy atom. The lowest BCUT2D eigenvalue weighted by molar-refractivity contribution is 0.288. The van der Waals surface area contributed by atoms with E-state index >= 15 is 0 Å². The lowest BCUT2D eigenvalue weighted by Crippen LogP contribution is -2.20. The molecule has 0 fully saturated rings. The van der Waals surface area contributed by atoms with E-state index in [1.54, 1.807) is 18.2 Å². The molecule has 0 saturated heterocycles. The smallest absolute Gasteiger partial charge is 0.214 e. The minimum Gasteiger partial charge on any atom is -0.473 e. The van der Waals surface area contributed by atoms with Crippen LogP contribution in [0.15, 0.2) is 42.5 Å². The fourth-order valence-electron chi connectivity index (χ4n) is 2.32. The third-order valence-electron chi connectivity index (χ3n) is 3.51. The van der Waals surface area contributed by atoms with Gasteiger partial charge in [0.05, 0.1) is 5.69 Å². The van der Waals surface area contributed by atoms with Gasteiger partial charge in [-0.15, -0.1) is 12.4 Å². The summed E-state index contributed by atoms with van der Waals surface area (Å²) in [7, 11) is 0. The molecule has 0 unspecified atom stereocenters. The van der Waals surface area contributed by atoms with Crippen molar-refractivity contribution in [3.63, 3.8) is 0 Å². The monoisotopic (exact) mass is 354 g/mol. The first kappa shape index (κ1) is 17.7. The van der Waals surface area contributed by atoms with Crippen LogP contribution in [-0.4, -0.2) is 18.1 Å². The van der Waals surface area contributed by atoms with E-state index in [0.717, 1.165) is 25.2 Å². The van der Waals surface area contributed by atoms with E-state index in [2.05, 4.69) is 16.4 Å². The summed E-state index contributed by atoms with van der Waals surface area (Å²) in [6.45, 7) is 1.94. The minimum absolute atomic E-state index is 0. The van der Waals surface area contributed by atoms with Crippen LogP contribution in [0.2, 0.25) is 5.02 Å². The van der Waals surface area contributed by atoms with Gasteiger partial charge in [0.25, 0.3) is 0 Å². The van der Waals surface area contributed by atoms with Gasteiger partial charge in [-0.2, -0.15) is 0 Å². The highest BCUT2D eigenvalue weighted by Gasteiger charge is 2.09. The predicted molar refractivity (Wildman–Crippen MR) is 92.7 cm³/mol. The summed E-state index contributed by atoms with van der Waals surface area (Å²) in [4.78, 5) is 4.49. The molecule has 0 atom stereocenters. The number of hydrogen-bond donors (Lipinski definition) is 1. The summed E-state index contributed by atoms with van der Waals surface area (Å²) in [6.07, 6.45) is 3.08. The number of pyridine rings is 1. The van der Waals surface area contributed by atoms with E-state index < -0.39 is 0 Å². The van der Waals surface area contributed by atoms with E-state index in [4.69, 9.17) is 16.3 Å². The third-order valence-corrected chi connectivity index (χ3v) is 3.74. The maximum absolute atomic E-state index is 13.7. The van der Waals surface area contributed by atoms with Crippen molar-refractivity contribution in [1.82, 2.24) is 10.3 Å². The van der Waals surface area contributed by atoms with Gasteiger partial charge in [-0.3, -0.25) is 0 Å². The van der Waals surface area contributed by atoms with Gasteiger partial charge in [0.15, 0.2) is 0 Å². The minimum atomic E-state index is -0.371. The summed E-state index contributed by atoms with van der Waals surface area (Å²) < 4.78 is 19.3. The largest absolute Gasteiger partial charge is 0.473 e. The van der Waals surface area contributed by atoms with Crippen molar-refractivity contribution in [2.75, 3.05) is 13.1 Å². The van der Waals surface area contributed by atoms with Crippen molar-refractivity contribution in [2.24, 2.45) is 0 Å². The first-order valence-electron chi connectivity index (χ1n) is 7.16. The first-order valence-corrected chi connectivity index (χ1v) is 7.54. The number of aromatic nitrogens is 1. The van der Waals surface area contributed by atoms with Gasteiger partial charge in [0.2, 0.25) is 5.88 Å². The van der Waals surface area contributed by atoms with Crippen LogP contribution in [0.5, 0.6) is 5.88 Å². The van der Waals surface area contributed by atoms with E-state index in [9.17, 15) is 4.39 Å². The first-order chi connectivity index (χ1) is 10.7. The maximum Gasteiger partial charge on any atom is 0.214 e. The molecule has 6 heteroatoms. The molecule has 0 spiro atoms. The van der Waals surface area contributed by atoms with Crippen LogP contribution in [-0.2, 0) is 6.61 Å². The van der Waals surface area contributed by atoms with Crippen molar-refractivity contribution in [1.29, 1.82) is 0 Å². The van der Waals surface area contributed by atoms with E-state index in [-0.39, 0.29) is 24.8 Å². The van der Waals surface area contributed by atoms with Crippen LogP contribution in [0.3, 0.4) is 0 Å². The molecule has 0 radical (unpaired) electrons. The Balaban J connectivity index is 0.00000192. The number of benzene rings is 1. The van der Waals surface area contributed by atoms with E-state index in [1.807, 2.05) is 12.1 Å². The summed E-state index contributed by atoms with van der Waals surface area (Å²) >= 11 is 5.74.